The molecule has 2 aliphatic rings. The lowest BCUT2D eigenvalue weighted by atomic mass is 9.91. The molecule has 1 heterocycles. The molecule has 0 radical (unpaired) electrons. The van der Waals surface area contributed by atoms with Crippen molar-refractivity contribution in [2.24, 2.45) is 10.8 Å². The minimum atomic E-state index is 0.392. The summed E-state index contributed by atoms with van der Waals surface area (Å²) < 4.78 is 0. The van der Waals surface area contributed by atoms with E-state index in [9.17, 15) is 0 Å². The molecule has 2 N–H and O–H groups in total. The summed E-state index contributed by atoms with van der Waals surface area (Å²) in [6.45, 7) is 14.2. The number of rotatable bonds is 5. The maximum Gasteiger partial charge on any atom is 0.0306 e. The van der Waals surface area contributed by atoms with Crippen molar-refractivity contribution in [3.05, 3.63) is 0 Å². The van der Waals surface area contributed by atoms with Gasteiger partial charge < -0.3 is 10.6 Å². The molecule has 0 aromatic heterocycles. The average molecular weight is 238 g/mol. The van der Waals surface area contributed by atoms with Crippen molar-refractivity contribution in [2.75, 3.05) is 13.1 Å². The quantitative estimate of drug-likeness (QED) is 0.769. The zero-order valence-corrected chi connectivity index (χ0v) is 12.3. The highest BCUT2D eigenvalue weighted by Crippen LogP contribution is 2.62. The molecule has 1 aliphatic heterocycles. The van der Waals surface area contributed by atoms with Crippen LogP contribution in [0.15, 0.2) is 0 Å². The van der Waals surface area contributed by atoms with Gasteiger partial charge in [0.15, 0.2) is 0 Å². The minimum absolute atomic E-state index is 0.392. The Morgan fingerprint density at radius 2 is 1.82 bits per heavy atom. The van der Waals surface area contributed by atoms with E-state index < -0.39 is 0 Å². The first-order chi connectivity index (χ1) is 7.86. The van der Waals surface area contributed by atoms with Gasteiger partial charge >= 0.3 is 0 Å². The normalized spacial score (nSPS) is 35.1. The molecule has 0 amide bonds. The van der Waals surface area contributed by atoms with Crippen LogP contribution in [-0.2, 0) is 0 Å². The first kappa shape index (κ1) is 13.4. The van der Waals surface area contributed by atoms with E-state index in [1.165, 1.54) is 32.2 Å². The molecule has 2 nitrogen and oxygen atoms in total. The molecule has 2 rings (SSSR count). The van der Waals surface area contributed by atoms with E-state index in [0.29, 0.717) is 22.4 Å². The van der Waals surface area contributed by atoms with Crippen molar-refractivity contribution < 1.29 is 0 Å². The summed E-state index contributed by atoms with van der Waals surface area (Å²) in [5.41, 5.74) is 1.31. The van der Waals surface area contributed by atoms with Gasteiger partial charge in [-0.25, -0.2) is 0 Å². The monoisotopic (exact) mass is 238 g/mol. The Labute approximate surface area is 107 Å². The van der Waals surface area contributed by atoms with Gasteiger partial charge in [0.25, 0.3) is 0 Å². The molecule has 0 spiro atoms. The second-order valence-electron chi connectivity index (χ2n) is 7.32. The average Bonchev–Trinajstić information content (AvgIpc) is 2.58. The lowest BCUT2D eigenvalue weighted by molar-refractivity contribution is 0.316. The van der Waals surface area contributed by atoms with Crippen molar-refractivity contribution in [2.45, 2.75) is 71.9 Å². The molecule has 2 fully saturated rings. The highest BCUT2D eigenvalue weighted by Gasteiger charge is 2.64. The largest absolute Gasteiger partial charge is 0.311 e. The van der Waals surface area contributed by atoms with Gasteiger partial charge in [-0.1, -0.05) is 41.0 Å². The molecule has 17 heavy (non-hydrogen) atoms. The first-order valence-corrected chi connectivity index (χ1v) is 7.34. The van der Waals surface area contributed by atoms with Crippen molar-refractivity contribution in [3.63, 3.8) is 0 Å². The van der Waals surface area contributed by atoms with Gasteiger partial charge in [-0.3, -0.25) is 0 Å². The van der Waals surface area contributed by atoms with Crippen LogP contribution in [0.25, 0.3) is 0 Å². The van der Waals surface area contributed by atoms with Gasteiger partial charge in [-0.05, 0) is 36.6 Å². The van der Waals surface area contributed by atoms with Crippen molar-refractivity contribution in [1.29, 1.82) is 0 Å². The van der Waals surface area contributed by atoms with E-state index in [0.717, 1.165) is 6.54 Å². The molecular formula is C15H30N2. The lowest BCUT2D eigenvalue weighted by Gasteiger charge is -2.30. The van der Waals surface area contributed by atoms with Crippen molar-refractivity contribution >= 4 is 0 Å². The molecule has 1 atom stereocenters. The maximum absolute atomic E-state index is 3.84. The summed E-state index contributed by atoms with van der Waals surface area (Å²) in [6.07, 6.45) is 5.29. The molecule has 1 saturated heterocycles. The molecule has 0 bridgehead atoms. The summed E-state index contributed by atoms with van der Waals surface area (Å²) in [6, 6.07) is 0.686. The standard InChI is InChI=1S/C15H30N2/c1-6-8-15(9-7-10-17-15)11-16-12-13(2,3)14(12,4)5/h12,16-17H,6-11H2,1-5H3. The topological polar surface area (TPSA) is 24.1 Å². The predicted molar refractivity (Wildman–Crippen MR) is 74.2 cm³/mol. The summed E-state index contributed by atoms with van der Waals surface area (Å²) in [5, 5.41) is 7.59. The molecular weight excluding hydrogens is 208 g/mol. The van der Waals surface area contributed by atoms with Crippen LogP contribution in [0.4, 0.5) is 0 Å². The van der Waals surface area contributed by atoms with E-state index in [-0.39, 0.29) is 0 Å². The summed E-state index contributed by atoms with van der Waals surface area (Å²) in [7, 11) is 0. The molecule has 100 valence electrons. The van der Waals surface area contributed by atoms with Gasteiger partial charge in [-0.2, -0.15) is 0 Å². The Balaban J connectivity index is 1.89. The number of hydrogen-bond acceptors (Lipinski definition) is 2. The summed E-state index contributed by atoms with van der Waals surface area (Å²) in [4.78, 5) is 0. The second kappa shape index (κ2) is 4.24. The smallest absolute Gasteiger partial charge is 0.0306 e. The van der Waals surface area contributed by atoms with Crippen LogP contribution < -0.4 is 10.6 Å². The SMILES string of the molecule is CCCC1(CNC2C(C)(C)C2(C)C)CCCN1. The first-order valence-electron chi connectivity index (χ1n) is 7.34. The second-order valence-corrected chi connectivity index (χ2v) is 7.32. The summed E-state index contributed by atoms with van der Waals surface area (Å²) in [5.74, 6) is 0. The minimum Gasteiger partial charge on any atom is -0.311 e. The highest BCUT2D eigenvalue weighted by atomic mass is 15.1. The molecule has 2 heteroatoms. The van der Waals surface area contributed by atoms with Gasteiger partial charge in [-0.15, -0.1) is 0 Å². The third-order valence-electron chi connectivity index (χ3n) is 5.73. The van der Waals surface area contributed by atoms with Crippen LogP contribution >= 0.6 is 0 Å². The Morgan fingerprint density at radius 3 is 2.24 bits per heavy atom. The van der Waals surface area contributed by atoms with Crippen LogP contribution in [0.2, 0.25) is 0 Å². The van der Waals surface area contributed by atoms with E-state index in [1.54, 1.807) is 0 Å². The van der Waals surface area contributed by atoms with Crippen LogP contribution in [0.1, 0.15) is 60.3 Å². The molecule has 1 saturated carbocycles. The fourth-order valence-corrected chi connectivity index (χ4v) is 3.80. The Bertz CT molecular complexity index is 261. The molecule has 0 aromatic rings. The van der Waals surface area contributed by atoms with Crippen LogP contribution in [0.5, 0.6) is 0 Å². The van der Waals surface area contributed by atoms with E-state index in [2.05, 4.69) is 45.3 Å². The van der Waals surface area contributed by atoms with E-state index >= 15 is 0 Å². The Hall–Kier alpha value is -0.0800. The number of nitrogens with one attached hydrogen (secondary N) is 2. The molecule has 1 aliphatic carbocycles. The third kappa shape index (κ3) is 2.15. The van der Waals surface area contributed by atoms with Crippen LogP contribution in [-0.4, -0.2) is 24.7 Å². The maximum atomic E-state index is 3.84. The summed E-state index contributed by atoms with van der Waals surface area (Å²) >= 11 is 0. The Morgan fingerprint density at radius 1 is 1.18 bits per heavy atom. The lowest BCUT2D eigenvalue weighted by Crippen LogP contribution is -2.49. The van der Waals surface area contributed by atoms with E-state index in [1.807, 2.05) is 0 Å². The van der Waals surface area contributed by atoms with Crippen LogP contribution in [0, 0.1) is 10.8 Å². The fourth-order valence-electron chi connectivity index (χ4n) is 3.80. The third-order valence-corrected chi connectivity index (χ3v) is 5.73. The zero-order chi connectivity index (χ0) is 12.7. The number of hydrogen-bond donors (Lipinski definition) is 2. The van der Waals surface area contributed by atoms with Crippen molar-refractivity contribution in [1.82, 2.24) is 10.6 Å². The fraction of sp³-hybridized carbons (Fsp3) is 1.00. The van der Waals surface area contributed by atoms with Gasteiger partial charge in [0, 0.05) is 18.1 Å². The van der Waals surface area contributed by atoms with Gasteiger partial charge in [0.2, 0.25) is 0 Å². The zero-order valence-electron chi connectivity index (χ0n) is 12.3. The molecule has 1 unspecified atom stereocenters. The Kier molecular flexibility index (Phi) is 3.33. The van der Waals surface area contributed by atoms with Crippen molar-refractivity contribution in [3.8, 4) is 0 Å². The molecule has 0 aromatic carbocycles. The highest BCUT2D eigenvalue weighted by molar-refractivity contribution is 5.18. The van der Waals surface area contributed by atoms with E-state index in [4.69, 9.17) is 0 Å². The van der Waals surface area contributed by atoms with Gasteiger partial charge in [0.1, 0.15) is 0 Å². The van der Waals surface area contributed by atoms with Crippen LogP contribution in [0.3, 0.4) is 0 Å². The van der Waals surface area contributed by atoms with Gasteiger partial charge in [0.05, 0.1) is 0 Å². The predicted octanol–water partition coefficient (Wildman–Crippen LogP) is 2.93.